The molecule has 40 heavy (non-hydrogen) atoms. The van der Waals surface area contributed by atoms with Gasteiger partial charge in [0.15, 0.2) is 0 Å². The average Bonchev–Trinajstić information content (AvgIpc) is 3.49. The highest BCUT2D eigenvalue weighted by molar-refractivity contribution is 6.15. The molecule has 4 aromatic carbocycles. The molecule has 2 N–H and O–H groups in total. The van der Waals surface area contributed by atoms with E-state index in [2.05, 4.69) is 6.07 Å². The van der Waals surface area contributed by atoms with E-state index in [0.29, 0.717) is 29.2 Å². The van der Waals surface area contributed by atoms with Gasteiger partial charge in [-0.25, -0.2) is 0 Å². The summed E-state index contributed by atoms with van der Waals surface area (Å²) in [5, 5.41) is 15.6. The van der Waals surface area contributed by atoms with E-state index in [0.717, 1.165) is 22.5 Å². The summed E-state index contributed by atoms with van der Waals surface area (Å²) in [6.07, 6.45) is 0. The molecule has 1 amide bonds. The fourth-order valence-electron chi connectivity index (χ4n) is 5.84. The zero-order valence-electron chi connectivity index (χ0n) is 21.4. The van der Waals surface area contributed by atoms with E-state index in [1.165, 1.54) is 0 Å². The number of anilines is 1. The maximum Gasteiger partial charge on any atom is 0.248 e. The third-order valence-electron chi connectivity index (χ3n) is 7.55. The minimum atomic E-state index is -1.55. The number of carbonyl (C=O) groups is 1. The van der Waals surface area contributed by atoms with Crippen LogP contribution in [0.2, 0.25) is 0 Å². The quantitative estimate of drug-likeness (QED) is 0.339. The number of nitriles is 1. The van der Waals surface area contributed by atoms with Crippen LogP contribution in [-0.4, -0.2) is 15.7 Å². The first kappa shape index (κ1) is 23.5. The van der Waals surface area contributed by atoms with Crippen LogP contribution < -0.4 is 15.4 Å². The van der Waals surface area contributed by atoms with Crippen LogP contribution in [0.1, 0.15) is 16.7 Å². The van der Waals surface area contributed by atoms with E-state index in [1.807, 2.05) is 115 Å². The first-order valence-electron chi connectivity index (χ1n) is 12.9. The first-order valence-corrected chi connectivity index (χ1v) is 12.9. The smallest absolute Gasteiger partial charge is 0.248 e. The second kappa shape index (κ2) is 9.00. The van der Waals surface area contributed by atoms with Gasteiger partial charge < -0.3 is 15.4 Å². The summed E-state index contributed by atoms with van der Waals surface area (Å²) in [5.74, 6) is -0.0749. The Morgan fingerprint density at radius 1 is 0.850 bits per heavy atom. The van der Waals surface area contributed by atoms with E-state index >= 15 is 0 Å². The number of hydrogen-bond donors (Lipinski definition) is 1. The summed E-state index contributed by atoms with van der Waals surface area (Å²) < 4.78 is 7.85. The number of carbonyl (C=O) groups excluding carboxylic acids is 1. The highest BCUT2D eigenvalue weighted by Gasteiger charge is 2.61. The van der Waals surface area contributed by atoms with E-state index in [1.54, 1.807) is 9.58 Å². The lowest BCUT2D eigenvalue weighted by Crippen LogP contribution is -2.46. The van der Waals surface area contributed by atoms with Crippen molar-refractivity contribution in [3.63, 3.8) is 0 Å². The van der Waals surface area contributed by atoms with Crippen LogP contribution in [0.5, 0.6) is 5.88 Å². The van der Waals surface area contributed by atoms with Crippen molar-refractivity contribution in [2.75, 3.05) is 4.90 Å². The second-order valence-electron chi connectivity index (χ2n) is 9.74. The Kier molecular flexibility index (Phi) is 5.29. The van der Waals surface area contributed by atoms with Gasteiger partial charge in [-0.1, -0.05) is 97.1 Å². The van der Waals surface area contributed by atoms with Crippen molar-refractivity contribution in [3.8, 4) is 28.9 Å². The summed E-state index contributed by atoms with van der Waals surface area (Å²) >= 11 is 0. The lowest BCUT2D eigenvalue weighted by atomic mass is 9.68. The molecule has 0 bridgehead atoms. The monoisotopic (exact) mass is 521 g/mol. The zero-order valence-corrected chi connectivity index (χ0v) is 21.4. The van der Waals surface area contributed by atoms with Gasteiger partial charge in [0, 0.05) is 16.8 Å². The van der Waals surface area contributed by atoms with Gasteiger partial charge >= 0.3 is 0 Å². The van der Waals surface area contributed by atoms with Crippen LogP contribution in [0.4, 0.5) is 5.69 Å². The average molecular weight is 522 g/mol. The van der Waals surface area contributed by atoms with E-state index < -0.39 is 5.41 Å². The zero-order chi connectivity index (χ0) is 27.3. The van der Waals surface area contributed by atoms with Crippen LogP contribution in [0.25, 0.3) is 16.9 Å². The van der Waals surface area contributed by atoms with E-state index in [4.69, 9.17) is 15.6 Å². The lowest BCUT2D eigenvalue weighted by Gasteiger charge is -2.33. The number of rotatable bonds is 4. The fraction of sp³-hybridized carbons (Fsp3) is 0.0606. The van der Waals surface area contributed by atoms with Crippen molar-refractivity contribution >= 4 is 11.6 Å². The van der Waals surface area contributed by atoms with Gasteiger partial charge in [-0.3, -0.25) is 4.79 Å². The molecule has 0 radical (unpaired) electrons. The minimum Gasteiger partial charge on any atom is -0.422 e. The van der Waals surface area contributed by atoms with E-state index in [-0.39, 0.29) is 17.4 Å². The summed E-state index contributed by atoms with van der Waals surface area (Å²) in [4.78, 5) is 16.7. The van der Waals surface area contributed by atoms with Crippen LogP contribution in [0.3, 0.4) is 0 Å². The second-order valence-corrected chi connectivity index (χ2v) is 9.74. The summed E-state index contributed by atoms with van der Waals surface area (Å²) in [5.41, 5.74) is 9.94. The standard InChI is InChI=1S/C33H23N5O2/c34-20-26-30(35)40-31-28(29(23-14-6-2-7-15-23)36-38(31)24-16-8-3-9-17-24)33(26)25-18-10-11-19-27(25)37(32(33)39)21-22-12-4-1-5-13-22/h1-19H,21,35H2/t33-/m1/s1. The first-order chi connectivity index (χ1) is 19.6. The van der Waals surface area contributed by atoms with Gasteiger partial charge in [0.2, 0.25) is 17.7 Å². The van der Waals surface area contributed by atoms with Crippen molar-refractivity contribution in [2.24, 2.45) is 5.73 Å². The van der Waals surface area contributed by atoms with Gasteiger partial charge in [0.05, 0.1) is 17.8 Å². The van der Waals surface area contributed by atoms with Crippen molar-refractivity contribution in [1.29, 1.82) is 5.26 Å². The topological polar surface area (TPSA) is 97.2 Å². The molecule has 1 aromatic heterocycles. The number of ether oxygens (including phenoxy) is 1. The third kappa shape index (κ3) is 3.23. The molecule has 192 valence electrons. The van der Waals surface area contributed by atoms with E-state index in [9.17, 15) is 10.1 Å². The van der Waals surface area contributed by atoms with Crippen molar-refractivity contribution in [1.82, 2.24) is 9.78 Å². The number of nitrogens with zero attached hydrogens (tertiary/aromatic N) is 4. The maximum absolute atomic E-state index is 14.9. The van der Waals surface area contributed by atoms with Crippen LogP contribution in [0.15, 0.2) is 127 Å². The number of aromatic nitrogens is 2. The van der Waals surface area contributed by atoms with Crippen LogP contribution >= 0.6 is 0 Å². The maximum atomic E-state index is 14.9. The molecule has 2 aliphatic heterocycles. The summed E-state index contributed by atoms with van der Waals surface area (Å²) in [7, 11) is 0. The molecule has 3 heterocycles. The largest absolute Gasteiger partial charge is 0.422 e. The van der Waals surface area contributed by atoms with Crippen LogP contribution in [-0.2, 0) is 16.8 Å². The molecule has 0 saturated carbocycles. The van der Waals surface area contributed by atoms with Crippen molar-refractivity contribution < 1.29 is 9.53 Å². The SMILES string of the molecule is N#CC1=C(N)Oc2c(c(-c3ccccc3)nn2-c2ccccc2)[C@]12C(=O)N(Cc1ccccc1)c1ccccc12. The molecule has 7 rings (SSSR count). The number of hydrogen-bond acceptors (Lipinski definition) is 5. The Morgan fingerprint density at radius 3 is 2.17 bits per heavy atom. The Bertz CT molecular complexity index is 1840. The molecule has 7 nitrogen and oxygen atoms in total. The summed E-state index contributed by atoms with van der Waals surface area (Å²) in [6, 6.07) is 38.8. The van der Waals surface area contributed by atoms with Gasteiger partial charge in [-0.15, -0.1) is 0 Å². The van der Waals surface area contributed by atoms with Crippen LogP contribution in [0, 0.1) is 11.3 Å². The molecule has 2 aliphatic rings. The number of amides is 1. The molecular weight excluding hydrogens is 498 g/mol. The van der Waals surface area contributed by atoms with Gasteiger partial charge in [0.25, 0.3) is 0 Å². The highest BCUT2D eigenvalue weighted by Crippen LogP contribution is 2.58. The van der Waals surface area contributed by atoms with Gasteiger partial charge in [0.1, 0.15) is 22.8 Å². The number of nitrogens with two attached hydrogens (primary N) is 1. The third-order valence-corrected chi connectivity index (χ3v) is 7.55. The predicted octanol–water partition coefficient (Wildman–Crippen LogP) is 5.46. The normalized spacial score (nSPS) is 17.4. The number of benzene rings is 4. The fourth-order valence-corrected chi connectivity index (χ4v) is 5.84. The molecule has 1 spiro atoms. The van der Waals surface area contributed by atoms with Crippen molar-refractivity contribution in [2.45, 2.75) is 12.0 Å². The molecule has 0 aliphatic carbocycles. The Balaban J connectivity index is 1.57. The number of para-hydroxylation sites is 2. The molecule has 5 aromatic rings. The lowest BCUT2D eigenvalue weighted by molar-refractivity contribution is -0.121. The predicted molar refractivity (Wildman–Crippen MR) is 151 cm³/mol. The number of fused-ring (bicyclic) bond motifs is 4. The molecule has 7 heteroatoms. The molecule has 0 unspecified atom stereocenters. The molecule has 0 fully saturated rings. The Hall–Kier alpha value is -5.61. The van der Waals surface area contributed by atoms with Gasteiger partial charge in [-0.2, -0.15) is 15.0 Å². The van der Waals surface area contributed by atoms with Crippen molar-refractivity contribution in [3.05, 3.63) is 143 Å². The Labute approximate surface area is 231 Å². The Morgan fingerprint density at radius 2 is 1.48 bits per heavy atom. The summed E-state index contributed by atoms with van der Waals surface area (Å²) in [6.45, 7) is 0.334. The molecule has 0 saturated heterocycles. The molecular formula is C33H23N5O2. The minimum absolute atomic E-state index is 0.0535. The van der Waals surface area contributed by atoms with Gasteiger partial charge in [-0.05, 0) is 23.8 Å². The molecule has 1 atom stereocenters. The highest BCUT2D eigenvalue weighted by atomic mass is 16.5.